The first-order valence-electron chi connectivity index (χ1n) is 12.6. The van der Waals surface area contributed by atoms with Crippen LogP contribution in [0.4, 0.5) is 5.69 Å². The van der Waals surface area contributed by atoms with Crippen LogP contribution in [0.25, 0.3) is 0 Å². The number of carbonyl (C=O) groups is 2. The molecule has 1 N–H and O–H groups in total. The second-order valence-corrected chi connectivity index (χ2v) is 10.7. The Morgan fingerprint density at radius 1 is 0.921 bits per heavy atom. The Bertz CT molecular complexity index is 1310. The molecule has 0 aliphatic rings. The number of nitrogens with zero attached hydrogens (tertiary/aromatic N) is 2. The van der Waals surface area contributed by atoms with Gasteiger partial charge in [-0.1, -0.05) is 55.0 Å². The van der Waals surface area contributed by atoms with Gasteiger partial charge in [-0.25, -0.2) is 8.42 Å². The van der Waals surface area contributed by atoms with E-state index in [1.807, 2.05) is 45.0 Å². The monoisotopic (exact) mass is 537 g/mol. The maximum absolute atomic E-state index is 13.9. The third-order valence-electron chi connectivity index (χ3n) is 6.15. The minimum absolute atomic E-state index is 0.0603. The van der Waals surface area contributed by atoms with Crippen molar-refractivity contribution in [3.63, 3.8) is 0 Å². The van der Waals surface area contributed by atoms with Gasteiger partial charge in [0.15, 0.2) is 0 Å². The van der Waals surface area contributed by atoms with Crippen LogP contribution in [0.1, 0.15) is 31.4 Å². The molecule has 0 aromatic heterocycles. The number of amides is 2. The number of anilines is 1. The first kappa shape index (κ1) is 28.7. The molecule has 1 atom stereocenters. The molecule has 0 saturated heterocycles. The van der Waals surface area contributed by atoms with Crippen molar-refractivity contribution in [2.75, 3.05) is 24.5 Å². The van der Waals surface area contributed by atoms with E-state index in [1.54, 1.807) is 42.5 Å². The lowest BCUT2D eigenvalue weighted by Gasteiger charge is -2.33. The van der Waals surface area contributed by atoms with Gasteiger partial charge in [-0.2, -0.15) is 0 Å². The summed E-state index contributed by atoms with van der Waals surface area (Å²) in [6, 6.07) is 21.4. The number of carbonyl (C=O) groups excluding carboxylic acids is 2. The number of hydrogen-bond acceptors (Lipinski definition) is 5. The molecular formula is C29H35N3O5S. The lowest BCUT2D eigenvalue weighted by molar-refractivity contribution is -0.140. The molecular weight excluding hydrogens is 502 g/mol. The highest BCUT2D eigenvalue weighted by Crippen LogP contribution is 2.27. The van der Waals surface area contributed by atoms with Crippen LogP contribution in [-0.2, 0) is 26.2 Å². The van der Waals surface area contributed by atoms with Gasteiger partial charge in [-0.15, -0.1) is 0 Å². The Kier molecular flexibility index (Phi) is 9.90. The number of ether oxygens (including phenoxy) is 1. The molecule has 38 heavy (non-hydrogen) atoms. The van der Waals surface area contributed by atoms with Crippen molar-refractivity contribution in [1.82, 2.24) is 10.2 Å². The molecule has 0 aliphatic carbocycles. The molecule has 0 saturated carbocycles. The molecule has 0 fully saturated rings. The Morgan fingerprint density at radius 3 is 2.11 bits per heavy atom. The Balaban J connectivity index is 2.03. The highest BCUT2D eigenvalue weighted by atomic mass is 32.2. The molecule has 0 bridgehead atoms. The summed E-state index contributed by atoms with van der Waals surface area (Å²) >= 11 is 0. The van der Waals surface area contributed by atoms with Crippen LogP contribution in [0, 0.1) is 6.92 Å². The fraction of sp³-hybridized carbons (Fsp3) is 0.310. The highest BCUT2D eigenvalue weighted by Gasteiger charge is 2.33. The summed E-state index contributed by atoms with van der Waals surface area (Å²) in [6.07, 6.45) is 0.367. The van der Waals surface area contributed by atoms with Gasteiger partial charge in [0, 0.05) is 13.6 Å². The van der Waals surface area contributed by atoms with E-state index < -0.39 is 28.5 Å². The average molecular weight is 538 g/mol. The highest BCUT2D eigenvalue weighted by molar-refractivity contribution is 7.92. The van der Waals surface area contributed by atoms with Crippen molar-refractivity contribution < 1.29 is 22.7 Å². The number of aryl methyl sites for hydroxylation is 1. The van der Waals surface area contributed by atoms with Crippen molar-refractivity contribution in [3.05, 3.63) is 90.0 Å². The molecule has 2 amide bonds. The molecule has 0 radical (unpaired) electrons. The van der Waals surface area contributed by atoms with E-state index in [-0.39, 0.29) is 17.3 Å². The summed E-state index contributed by atoms with van der Waals surface area (Å²) in [5.41, 5.74) is 2.22. The van der Waals surface area contributed by atoms with E-state index in [0.29, 0.717) is 24.5 Å². The molecule has 3 aromatic rings. The van der Waals surface area contributed by atoms with Crippen LogP contribution in [0.2, 0.25) is 0 Å². The zero-order valence-electron chi connectivity index (χ0n) is 22.3. The summed E-state index contributed by atoms with van der Waals surface area (Å²) in [5, 5.41) is 2.63. The lowest BCUT2D eigenvalue weighted by atomic mass is 10.1. The third kappa shape index (κ3) is 6.92. The zero-order chi connectivity index (χ0) is 27.7. The van der Waals surface area contributed by atoms with Gasteiger partial charge < -0.3 is 15.0 Å². The number of benzene rings is 3. The Labute approximate surface area is 225 Å². The van der Waals surface area contributed by atoms with Crippen molar-refractivity contribution in [1.29, 1.82) is 0 Å². The van der Waals surface area contributed by atoms with Crippen LogP contribution in [-0.4, -0.2) is 51.4 Å². The summed E-state index contributed by atoms with van der Waals surface area (Å²) < 4.78 is 34.1. The van der Waals surface area contributed by atoms with Gasteiger partial charge in [0.25, 0.3) is 10.0 Å². The minimum Gasteiger partial charge on any atom is -0.494 e. The second-order valence-electron chi connectivity index (χ2n) is 8.80. The van der Waals surface area contributed by atoms with E-state index >= 15 is 0 Å². The largest absolute Gasteiger partial charge is 0.494 e. The zero-order valence-corrected chi connectivity index (χ0v) is 23.1. The van der Waals surface area contributed by atoms with Crippen LogP contribution in [0.3, 0.4) is 0 Å². The lowest BCUT2D eigenvalue weighted by Crippen LogP contribution is -2.51. The molecule has 0 aliphatic heterocycles. The maximum atomic E-state index is 13.9. The fourth-order valence-electron chi connectivity index (χ4n) is 4.10. The van der Waals surface area contributed by atoms with Gasteiger partial charge in [0.05, 0.1) is 17.2 Å². The molecule has 1 unspecified atom stereocenters. The second kappa shape index (κ2) is 13.1. The summed E-state index contributed by atoms with van der Waals surface area (Å²) in [7, 11) is -2.58. The van der Waals surface area contributed by atoms with Gasteiger partial charge in [0.2, 0.25) is 11.8 Å². The molecule has 3 aromatic carbocycles. The van der Waals surface area contributed by atoms with Crippen molar-refractivity contribution >= 4 is 27.5 Å². The summed E-state index contributed by atoms with van der Waals surface area (Å²) in [5.74, 6) is -0.216. The number of rotatable bonds is 12. The number of sulfonamides is 1. The van der Waals surface area contributed by atoms with Gasteiger partial charge >= 0.3 is 0 Å². The van der Waals surface area contributed by atoms with Crippen LogP contribution >= 0.6 is 0 Å². The number of hydrogen-bond donors (Lipinski definition) is 1. The third-order valence-corrected chi connectivity index (χ3v) is 7.94. The first-order chi connectivity index (χ1) is 18.2. The average Bonchev–Trinajstić information content (AvgIpc) is 2.93. The standard InChI is InChI=1S/C29H35N3O5S/c1-5-27(29(34)30-4)31(20-23-14-12-22(3)13-15-23)28(33)21-32(24-16-18-25(19-17-24)37-6-2)38(35,36)26-10-8-7-9-11-26/h7-19,27H,5-6,20-21H2,1-4H3,(H,30,34). The van der Waals surface area contributed by atoms with E-state index in [4.69, 9.17) is 4.74 Å². The Hall–Kier alpha value is -3.85. The Morgan fingerprint density at radius 2 is 1.55 bits per heavy atom. The molecule has 8 nitrogen and oxygen atoms in total. The fourth-order valence-corrected chi connectivity index (χ4v) is 5.54. The SMILES string of the molecule is CCOc1ccc(N(CC(=O)N(Cc2ccc(C)cc2)C(CC)C(=O)NC)S(=O)(=O)c2ccccc2)cc1. The van der Waals surface area contributed by atoms with Crippen molar-refractivity contribution in [3.8, 4) is 5.75 Å². The van der Waals surface area contributed by atoms with Crippen LogP contribution in [0.5, 0.6) is 5.75 Å². The van der Waals surface area contributed by atoms with Gasteiger partial charge in [-0.3, -0.25) is 13.9 Å². The van der Waals surface area contributed by atoms with E-state index in [9.17, 15) is 18.0 Å². The first-order valence-corrected chi connectivity index (χ1v) is 14.0. The van der Waals surface area contributed by atoms with E-state index in [2.05, 4.69) is 5.32 Å². The smallest absolute Gasteiger partial charge is 0.264 e. The van der Waals surface area contributed by atoms with E-state index in [1.165, 1.54) is 24.1 Å². The topological polar surface area (TPSA) is 96.0 Å². The van der Waals surface area contributed by atoms with Crippen LogP contribution in [0.15, 0.2) is 83.8 Å². The predicted octanol–water partition coefficient (Wildman–Crippen LogP) is 4.14. The molecule has 3 rings (SSSR count). The number of nitrogens with one attached hydrogen (secondary N) is 1. The quantitative estimate of drug-likeness (QED) is 0.375. The molecule has 9 heteroatoms. The van der Waals surface area contributed by atoms with E-state index in [0.717, 1.165) is 15.4 Å². The summed E-state index contributed by atoms with van der Waals surface area (Å²) in [6.45, 7) is 5.79. The van der Waals surface area contributed by atoms with Crippen molar-refractivity contribution in [2.24, 2.45) is 0 Å². The summed E-state index contributed by atoms with van der Waals surface area (Å²) in [4.78, 5) is 28.1. The van der Waals surface area contributed by atoms with Gasteiger partial charge in [-0.05, 0) is 62.2 Å². The molecule has 0 spiro atoms. The normalized spacial score (nSPS) is 11.9. The van der Waals surface area contributed by atoms with Gasteiger partial charge in [0.1, 0.15) is 18.3 Å². The molecule has 202 valence electrons. The predicted molar refractivity (Wildman–Crippen MR) is 148 cm³/mol. The van der Waals surface area contributed by atoms with Crippen LogP contribution < -0.4 is 14.4 Å². The number of likely N-dealkylation sites (N-methyl/N-ethyl adjacent to an activating group) is 1. The van der Waals surface area contributed by atoms with Crippen molar-refractivity contribution in [2.45, 2.75) is 44.7 Å². The molecule has 0 heterocycles. The minimum atomic E-state index is -4.10. The maximum Gasteiger partial charge on any atom is 0.264 e.